The molecule has 0 spiro atoms. The minimum atomic E-state index is -4.14. The van der Waals surface area contributed by atoms with Crippen molar-refractivity contribution in [2.45, 2.75) is 44.8 Å². The van der Waals surface area contributed by atoms with Crippen molar-refractivity contribution in [3.8, 4) is 0 Å². The van der Waals surface area contributed by atoms with Crippen LogP contribution >= 0.6 is 0 Å². The molecule has 20 heavy (non-hydrogen) atoms. The Morgan fingerprint density at radius 2 is 1.90 bits per heavy atom. The molecule has 1 nitrogen and oxygen atoms in total. The van der Waals surface area contributed by atoms with E-state index >= 15 is 0 Å². The van der Waals surface area contributed by atoms with Gasteiger partial charge in [-0.1, -0.05) is 43.7 Å². The fourth-order valence-corrected chi connectivity index (χ4v) is 3.04. The summed E-state index contributed by atoms with van der Waals surface area (Å²) in [7, 11) is 0. The number of nitrogens with one attached hydrogen (secondary N) is 1. The zero-order valence-corrected chi connectivity index (χ0v) is 11.8. The molecule has 1 aromatic rings. The predicted octanol–water partition coefficient (Wildman–Crippen LogP) is 4.71. The minimum absolute atomic E-state index is 0.518. The van der Waals surface area contributed by atoms with E-state index in [4.69, 9.17) is 0 Å². The lowest BCUT2D eigenvalue weighted by atomic mass is 10.0. The topological polar surface area (TPSA) is 12.0 Å². The standard InChI is InChI=1S/C16H22F3N/c1-12-7-8-13(9-12)11-20-15(10-16(17,18)19)14-5-3-2-4-6-14/h2-6,12-13,15,20H,7-11H2,1H3. The van der Waals surface area contributed by atoms with Gasteiger partial charge < -0.3 is 5.32 Å². The number of hydrogen-bond acceptors (Lipinski definition) is 1. The molecule has 4 heteroatoms. The molecule has 0 bridgehead atoms. The van der Waals surface area contributed by atoms with Gasteiger partial charge in [0.25, 0.3) is 0 Å². The first-order chi connectivity index (χ1) is 9.44. The number of hydrogen-bond donors (Lipinski definition) is 1. The van der Waals surface area contributed by atoms with Gasteiger partial charge in [0.05, 0.1) is 6.42 Å². The highest BCUT2D eigenvalue weighted by Crippen LogP contribution is 2.32. The summed E-state index contributed by atoms with van der Waals surface area (Å²) >= 11 is 0. The van der Waals surface area contributed by atoms with Crippen LogP contribution in [0.4, 0.5) is 13.2 Å². The lowest BCUT2D eigenvalue weighted by molar-refractivity contribution is -0.140. The average Bonchev–Trinajstić information content (AvgIpc) is 2.80. The Morgan fingerprint density at radius 1 is 1.20 bits per heavy atom. The van der Waals surface area contributed by atoms with Crippen LogP contribution in [0.2, 0.25) is 0 Å². The first kappa shape index (κ1) is 15.4. The molecule has 112 valence electrons. The molecule has 0 amide bonds. The predicted molar refractivity (Wildman–Crippen MR) is 74.4 cm³/mol. The molecular weight excluding hydrogens is 263 g/mol. The molecule has 0 radical (unpaired) electrons. The van der Waals surface area contributed by atoms with E-state index in [0.717, 1.165) is 18.4 Å². The maximum Gasteiger partial charge on any atom is 0.390 e. The summed E-state index contributed by atoms with van der Waals surface area (Å²) in [5, 5.41) is 3.14. The van der Waals surface area contributed by atoms with E-state index < -0.39 is 18.6 Å². The number of alkyl halides is 3. The highest BCUT2D eigenvalue weighted by Gasteiger charge is 2.33. The molecule has 1 aliphatic rings. The van der Waals surface area contributed by atoms with Gasteiger partial charge in [0.2, 0.25) is 0 Å². The van der Waals surface area contributed by atoms with Crippen molar-refractivity contribution in [3.05, 3.63) is 35.9 Å². The van der Waals surface area contributed by atoms with Crippen molar-refractivity contribution in [2.75, 3.05) is 6.54 Å². The lowest BCUT2D eigenvalue weighted by Crippen LogP contribution is -2.30. The Balaban J connectivity index is 1.96. The second kappa shape index (κ2) is 6.61. The van der Waals surface area contributed by atoms with Gasteiger partial charge in [-0.3, -0.25) is 0 Å². The van der Waals surface area contributed by atoms with E-state index in [0.29, 0.717) is 18.4 Å². The third kappa shape index (κ3) is 4.82. The van der Waals surface area contributed by atoms with Crippen molar-refractivity contribution >= 4 is 0 Å². The zero-order chi connectivity index (χ0) is 14.6. The van der Waals surface area contributed by atoms with Gasteiger partial charge in [-0.05, 0) is 36.8 Å². The van der Waals surface area contributed by atoms with Gasteiger partial charge in [-0.2, -0.15) is 13.2 Å². The third-order valence-electron chi connectivity index (χ3n) is 4.09. The van der Waals surface area contributed by atoms with Gasteiger partial charge in [-0.25, -0.2) is 0 Å². The van der Waals surface area contributed by atoms with Gasteiger partial charge in [0.15, 0.2) is 0 Å². The summed E-state index contributed by atoms with van der Waals surface area (Å²) in [5.74, 6) is 1.23. The monoisotopic (exact) mass is 285 g/mol. The van der Waals surface area contributed by atoms with Gasteiger partial charge in [0, 0.05) is 6.04 Å². The number of rotatable bonds is 5. The smallest absolute Gasteiger partial charge is 0.309 e. The van der Waals surface area contributed by atoms with Crippen LogP contribution in [0.3, 0.4) is 0 Å². The average molecular weight is 285 g/mol. The summed E-state index contributed by atoms with van der Waals surface area (Å²) in [6, 6.07) is 8.30. The van der Waals surface area contributed by atoms with Crippen LogP contribution in [-0.2, 0) is 0 Å². The van der Waals surface area contributed by atoms with Crippen molar-refractivity contribution in [2.24, 2.45) is 11.8 Å². The summed E-state index contributed by atoms with van der Waals surface area (Å²) in [6.07, 6.45) is -1.50. The quantitative estimate of drug-likeness (QED) is 0.826. The van der Waals surface area contributed by atoms with Gasteiger partial charge >= 0.3 is 6.18 Å². The maximum atomic E-state index is 12.7. The second-order valence-corrected chi connectivity index (χ2v) is 5.98. The number of halogens is 3. The summed E-state index contributed by atoms with van der Waals surface area (Å²) in [5.41, 5.74) is 0.718. The van der Waals surface area contributed by atoms with Crippen LogP contribution in [0.15, 0.2) is 30.3 Å². The normalized spacial score (nSPS) is 24.8. The Bertz CT molecular complexity index is 402. The molecule has 0 aromatic heterocycles. The molecule has 2 rings (SSSR count). The van der Waals surface area contributed by atoms with Gasteiger partial charge in [-0.15, -0.1) is 0 Å². The van der Waals surface area contributed by atoms with Crippen LogP contribution in [0, 0.1) is 11.8 Å². The molecule has 0 aliphatic heterocycles. The molecule has 1 aromatic carbocycles. The second-order valence-electron chi connectivity index (χ2n) is 5.98. The largest absolute Gasteiger partial charge is 0.390 e. The van der Waals surface area contributed by atoms with Crippen LogP contribution in [0.5, 0.6) is 0 Å². The molecule has 0 heterocycles. The molecule has 3 unspecified atom stereocenters. The molecule has 3 atom stereocenters. The summed E-state index contributed by atoms with van der Waals surface area (Å²) in [4.78, 5) is 0. The molecule has 1 aliphatic carbocycles. The fourth-order valence-electron chi connectivity index (χ4n) is 3.04. The summed E-state index contributed by atoms with van der Waals surface area (Å²) in [6.45, 7) is 2.89. The van der Waals surface area contributed by atoms with E-state index in [-0.39, 0.29) is 0 Å². The lowest BCUT2D eigenvalue weighted by Gasteiger charge is -2.22. The van der Waals surface area contributed by atoms with E-state index in [9.17, 15) is 13.2 Å². The minimum Gasteiger partial charge on any atom is -0.309 e. The molecule has 1 fully saturated rings. The van der Waals surface area contributed by atoms with Crippen molar-refractivity contribution < 1.29 is 13.2 Å². The van der Waals surface area contributed by atoms with E-state index in [1.807, 2.05) is 6.07 Å². The first-order valence-corrected chi connectivity index (χ1v) is 7.29. The highest BCUT2D eigenvalue weighted by atomic mass is 19.4. The Labute approximate surface area is 118 Å². The van der Waals surface area contributed by atoms with E-state index in [1.165, 1.54) is 6.42 Å². The van der Waals surface area contributed by atoms with Crippen LogP contribution in [0.25, 0.3) is 0 Å². The third-order valence-corrected chi connectivity index (χ3v) is 4.09. The molecule has 1 N–H and O–H groups in total. The fraction of sp³-hybridized carbons (Fsp3) is 0.625. The van der Waals surface area contributed by atoms with E-state index in [2.05, 4.69) is 12.2 Å². The summed E-state index contributed by atoms with van der Waals surface area (Å²) < 4.78 is 38.1. The van der Waals surface area contributed by atoms with Crippen molar-refractivity contribution in [1.29, 1.82) is 0 Å². The maximum absolute atomic E-state index is 12.7. The van der Waals surface area contributed by atoms with Gasteiger partial charge in [0.1, 0.15) is 0 Å². The zero-order valence-electron chi connectivity index (χ0n) is 11.8. The Morgan fingerprint density at radius 3 is 2.45 bits per heavy atom. The van der Waals surface area contributed by atoms with Crippen LogP contribution in [-0.4, -0.2) is 12.7 Å². The molecular formula is C16H22F3N. The highest BCUT2D eigenvalue weighted by molar-refractivity contribution is 5.19. The van der Waals surface area contributed by atoms with Crippen LogP contribution < -0.4 is 5.32 Å². The SMILES string of the molecule is CC1CCC(CNC(CC(F)(F)F)c2ccccc2)C1. The van der Waals surface area contributed by atoms with Crippen LogP contribution in [0.1, 0.15) is 44.2 Å². The van der Waals surface area contributed by atoms with Crippen molar-refractivity contribution in [3.63, 3.8) is 0 Å². The molecule has 1 saturated carbocycles. The Kier molecular flexibility index (Phi) is 5.08. The van der Waals surface area contributed by atoms with Crippen molar-refractivity contribution in [1.82, 2.24) is 5.32 Å². The Hall–Kier alpha value is -1.03. The first-order valence-electron chi connectivity index (χ1n) is 7.29. The van der Waals surface area contributed by atoms with E-state index in [1.54, 1.807) is 24.3 Å². The molecule has 0 saturated heterocycles. The number of benzene rings is 1.